The zero-order valence-electron chi connectivity index (χ0n) is 20.5. The van der Waals surface area contributed by atoms with Gasteiger partial charge in [0.25, 0.3) is 0 Å². The van der Waals surface area contributed by atoms with Crippen LogP contribution in [0.3, 0.4) is 0 Å². The average Bonchev–Trinajstić information content (AvgIpc) is 3.25. The summed E-state index contributed by atoms with van der Waals surface area (Å²) in [4.78, 5) is 12.8. The van der Waals surface area contributed by atoms with E-state index in [9.17, 15) is 4.79 Å². The molecule has 0 radical (unpaired) electrons. The first-order valence-corrected chi connectivity index (χ1v) is 13.5. The molecule has 1 aliphatic carbocycles. The summed E-state index contributed by atoms with van der Waals surface area (Å²) < 4.78 is 2.33. The third-order valence-electron chi connectivity index (χ3n) is 6.74. The Morgan fingerprint density at radius 3 is 2.51 bits per heavy atom. The molecule has 0 saturated heterocycles. The zero-order chi connectivity index (χ0) is 24.2. The second-order valence-corrected chi connectivity index (χ2v) is 10.5. The maximum absolute atomic E-state index is 12.8. The van der Waals surface area contributed by atoms with Crippen LogP contribution in [0.15, 0.2) is 65.8 Å². The van der Waals surface area contributed by atoms with Crippen LogP contribution < -0.4 is 5.32 Å². The van der Waals surface area contributed by atoms with Crippen molar-refractivity contribution in [3.63, 3.8) is 0 Å². The van der Waals surface area contributed by atoms with Gasteiger partial charge in [0.1, 0.15) is 5.82 Å². The number of hydrogen-bond acceptors (Lipinski definition) is 4. The Labute approximate surface area is 211 Å². The standard InChI is InChI=1S/C29H32N4OS/c1-20-15-21(2)17-24(16-20)30-28(34)19-35-29-32-31-27(33(29)25-12-4-3-5-13-25)18-23-11-8-10-22-9-6-7-14-26(22)23/h6-11,14-17,25H,3-5,12-13,18-19H2,1-2H3,(H,30,34). The van der Waals surface area contributed by atoms with Crippen LogP contribution in [0.25, 0.3) is 10.8 Å². The molecule has 1 aromatic heterocycles. The van der Waals surface area contributed by atoms with Gasteiger partial charge in [-0.2, -0.15) is 0 Å². The fraction of sp³-hybridized carbons (Fsp3) is 0.345. The van der Waals surface area contributed by atoms with Crippen molar-refractivity contribution in [2.24, 2.45) is 0 Å². The lowest BCUT2D eigenvalue weighted by Crippen LogP contribution is -2.18. The van der Waals surface area contributed by atoms with Crippen molar-refractivity contribution >= 4 is 34.1 Å². The molecule has 1 fully saturated rings. The van der Waals surface area contributed by atoms with Crippen molar-refractivity contribution in [1.82, 2.24) is 14.8 Å². The molecule has 6 heteroatoms. The molecule has 0 aliphatic heterocycles. The highest BCUT2D eigenvalue weighted by Gasteiger charge is 2.24. The van der Waals surface area contributed by atoms with E-state index in [0.717, 1.165) is 47.1 Å². The Kier molecular flexibility index (Phi) is 7.19. The molecule has 3 aromatic carbocycles. The Morgan fingerprint density at radius 1 is 0.971 bits per heavy atom. The number of fused-ring (bicyclic) bond motifs is 1. The molecular weight excluding hydrogens is 452 g/mol. The van der Waals surface area contributed by atoms with Gasteiger partial charge in [0.2, 0.25) is 5.91 Å². The molecule has 180 valence electrons. The number of aryl methyl sites for hydroxylation is 2. The van der Waals surface area contributed by atoms with Gasteiger partial charge in [0.05, 0.1) is 5.75 Å². The Hall–Kier alpha value is -3.12. The quantitative estimate of drug-likeness (QED) is 0.291. The molecule has 0 unspecified atom stereocenters. The van der Waals surface area contributed by atoms with Gasteiger partial charge < -0.3 is 9.88 Å². The van der Waals surface area contributed by atoms with Crippen molar-refractivity contribution in [2.45, 2.75) is 63.6 Å². The van der Waals surface area contributed by atoms with Crippen molar-refractivity contribution in [1.29, 1.82) is 0 Å². The minimum absolute atomic E-state index is 0.0196. The highest BCUT2D eigenvalue weighted by atomic mass is 32.2. The largest absolute Gasteiger partial charge is 0.325 e. The molecule has 1 saturated carbocycles. The highest BCUT2D eigenvalue weighted by molar-refractivity contribution is 7.99. The molecule has 1 aliphatic rings. The number of benzene rings is 3. The number of rotatable bonds is 7. The third kappa shape index (κ3) is 5.59. The van der Waals surface area contributed by atoms with Gasteiger partial charge >= 0.3 is 0 Å². The van der Waals surface area contributed by atoms with E-state index in [1.165, 1.54) is 47.4 Å². The Bertz CT molecular complexity index is 1310. The predicted molar refractivity (Wildman–Crippen MR) is 144 cm³/mol. The minimum atomic E-state index is -0.0196. The number of carbonyl (C=O) groups is 1. The molecule has 5 rings (SSSR count). The van der Waals surface area contributed by atoms with Crippen molar-refractivity contribution in [3.8, 4) is 0 Å². The number of hydrogen-bond donors (Lipinski definition) is 1. The number of nitrogens with zero attached hydrogens (tertiary/aromatic N) is 3. The van der Waals surface area contributed by atoms with E-state index in [1.54, 1.807) is 0 Å². The normalized spacial score (nSPS) is 14.3. The fourth-order valence-corrected chi connectivity index (χ4v) is 6.05. The van der Waals surface area contributed by atoms with Gasteiger partial charge in [-0.05, 0) is 66.3 Å². The van der Waals surface area contributed by atoms with E-state index in [2.05, 4.69) is 68.6 Å². The predicted octanol–water partition coefficient (Wildman–Crippen LogP) is 6.87. The number of carbonyl (C=O) groups excluding carboxylic acids is 1. The summed E-state index contributed by atoms with van der Waals surface area (Å²) in [6, 6.07) is 21.5. The smallest absolute Gasteiger partial charge is 0.234 e. The lowest BCUT2D eigenvalue weighted by atomic mass is 9.95. The first kappa shape index (κ1) is 23.6. The zero-order valence-corrected chi connectivity index (χ0v) is 21.3. The van der Waals surface area contributed by atoms with Crippen molar-refractivity contribution in [2.75, 3.05) is 11.1 Å². The van der Waals surface area contributed by atoms with E-state index >= 15 is 0 Å². The SMILES string of the molecule is Cc1cc(C)cc(NC(=O)CSc2nnc(Cc3cccc4ccccc34)n2C2CCCCC2)c1. The summed E-state index contributed by atoms with van der Waals surface area (Å²) in [6.07, 6.45) is 6.77. The van der Waals surface area contributed by atoms with Gasteiger partial charge in [-0.15, -0.1) is 10.2 Å². The molecule has 1 N–H and O–H groups in total. The molecule has 1 amide bonds. The number of anilines is 1. The summed E-state index contributed by atoms with van der Waals surface area (Å²) in [5, 5.41) is 15.6. The molecule has 35 heavy (non-hydrogen) atoms. The summed E-state index contributed by atoms with van der Waals surface area (Å²) in [5.74, 6) is 1.28. The van der Waals surface area contributed by atoms with Crippen LogP contribution in [-0.2, 0) is 11.2 Å². The third-order valence-corrected chi connectivity index (χ3v) is 7.68. The molecule has 0 spiro atoms. The molecule has 1 heterocycles. The van der Waals surface area contributed by atoms with Gasteiger partial charge in [-0.1, -0.05) is 79.6 Å². The number of nitrogens with one attached hydrogen (secondary N) is 1. The van der Waals surface area contributed by atoms with Crippen LogP contribution in [0.2, 0.25) is 0 Å². The number of aromatic nitrogens is 3. The maximum Gasteiger partial charge on any atom is 0.234 e. The van der Waals surface area contributed by atoms with Crippen LogP contribution >= 0.6 is 11.8 Å². The lowest BCUT2D eigenvalue weighted by molar-refractivity contribution is -0.113. The van der Waals surface area contributed by atoms with Crippen molar-refractivity contribution in [3.05, 3.63) is 83.2 Å². The second kappa shape index (κ2) is 10.6. The molecule has 0 bridgehead atoms. The van der Waals surface area contributed by atoms with Gasteiger partial charge in [-0.25, -0.2) is 0 Å². The Balaban J connectivity index is 1.37. The van der Waals surface area contributed by atoms with E-state index in [4.69, 9.17) is 0 Å². The Morgan fingerprint density at radius 2 is 1.71 bits per heavy atom. The van der Waals surface area contributed by atoms with Gasteiger partial charge in [0, 0.05) is 18.2 Å². The molecule has 0 atom stereocenters. The van der Waals surface area contributed by atoms with E-state index in [0.29, 0.717) is 11.8 Å². The average molecular weight is 485 g/mol. The van der Waals surface area contributed by atoms with Crippen LogP contribution in [0.5, 0.6) is 0 Å². The lowest BCUT2D eigenvalue weighted by Gasteiger charge is -2.25. The fourth-order valence-electron chi connectivity index (χ4n) is 5.22. The van der Waals surface area contributed by atoms with Crippen molar-refractivity contribution < 1.29 is 4.79 Å². The summed E-state index contributed by atoms with van der Waals surface area (Å²) in [6.45, 7) is 4.09. The van der Waals surface area contributed by atoms with Gasteiger partial charge in [0.15, 0.2) is 5.16 Å². The molecular formula is C29H32N4OS. The van der Waals surface area contributed by atoms with Gasteiger partial charge in [-0.3, -0.25) is 4.79 Å². The van der Waals surface area contributed by atoms with Crippen LogP contribution in [-0.4, -0.2) is 26.4 Å². The number of thioether (sulfide) groups is 1. The monoisotopic (exact) mass is 484 g/mol. The maximum atomic E-state index is 12.8. The molecule has 4 aromatic rings. The minimum Gasteiger partial charge on any atom is -0.325 e. The van der Waals surface area contributed by atoms with Crippen LogP contribution in [0.1, 0.15) is 60.7 Å². The first-order chi connectivity index (χ1) is 17.1. The number of amides is 1. The van der Waals surface area contributed by atoms with E-state index < -0.39 is 0 Å². The first-order valence-electron chi connectivity index (χ1n) is 12.5. The van der Waals surface area contributed by atoms with Crippen LogP contribution in [0, 0.1) is 13.8 Å². The molecule has 5 nitrogen and oxygen atoms in total. The topological polar surface area (TPSA) is 59.8 Å². The van der Waals surface area contributed by atoms with E-state index in [1.807, 2.05) is 26.0 Å². The second-order valence-electron chi connectivity index (χ2n) is 9.59. The summed E-state index contributed by atoms with van der Waals surface area (Å²) in [5.41, 5.74) is 4.39. The van der Waals surface area contributed by atoms with E-state index in [-0.39, 0.29) is 5.91 Å². The highest BCUT2D eigenvalue weighted by Crippen LogP contribution is 2.34. The summed E-state index contributed by atoms with van der Waals surface area (Å²) in [7, 11) is 0. The van der Waals surface area contributed by atoms with Crippen LogP contribution in [0.4, 0.5) is 5.69 Å². The summed E-state index contributed by atoms with van der Waals surface area (Å²) >= 11 is 1.49.